The largest absolute Gasteiger partial charge is 0.383 e. The molecule has 0 saturated carbocycles. The number of nitrogens with zero attached hydrogens (tertiary/aromatic N) is 2. The van der Waals surface area contributed by atoms with Gasteiger partial charge in [0.1, 0.15) is 10.0 Å². The molecule has 1 aromatic rings. The Morgan fingerprint density at radius 1 is 1.52 bits per heavy atom. The van der Waals surface area contributed by atoms with E-state index < -0.39 is 4.92 Å². The van der Waals surface area contributed by atoms with Gasteiger partial charge in [-0.25, -0.2) is 0 Å². The molecule has 0 bridgehead atoms. The zero-order valence-corrected chi connectivity index (χ0v) is 13.1. The molecule has 1 N–H and O–H groups in total. The van der Waals surface area contributed by atoms with Crippen molar-refractivity contribution in [3.8, 4) is 0 Å². The molecule has 2 rings (SSSR count). The molecule has 1 aliphatic rings. The highest BCUT2D eigenvalue weighted by Crippen LogP contribution is 2.33. The van der Waals surface area contributed by atoms with Crippen LogP contribution in [0.3, 0.4) is 0 Å². The van der Waals surface area contributed by atoms with Gasteiger partial charge in [-0.05, 0) is 24.6 Å². The van der Waals surface area contributed by atoms with Crippen molar-refractivity contribution < 1.29 is 9.72 Å². The first-order valence-electron chi connectivity index (χ1n) is 6.19. The summed E-state index contributed by atoms with van der Waals surface area (Å²) in [5.41, 5.74) is 0.993. The summed E-state index contributed by atoms with van der Waals surface area (Å²) in [6.45, 7) is 2.36. The first-order valence-corrected chi connectivity index (χ1v) is 7.42. The lowest BCUT2D eigenvalue weighted by molar-refractivity contribution is -0.384. The fourth-order valence-corrected chi connectivity index (χ4v) is 3.31. The topological polar surface area (TPSA) is 75.5 Å². The number of hydrogen-bond acceptors (Lipinski definition) is 6. The number of hydrogen-bond donors (Lipinski definition) is 1. The fraction of sp³-hybridized carbons (Fsp3) is 0.231. The molecule has 6 nitrogen and oxygen atoms in total. The standard InChI is InChI=1S/C13H13N3O3S2/c1-3-15-12(17)11(21-13(15)20)7-8-4-5-9(14-2)10(6-8)16(18)19/h4-7,14H,3H2,1-2H3/b11-7+. The number of likely N-dealkylation sites (N-methyl/N-ethyl adjacent to an activating group) is 1. The number of thioether (sulfide) groups is 1. The minimum atomic E-state index is -0.458. The summed E-state index contributed by atoms with van der Waals surface area (Å²) in [6, 6.07) is 4.77. The van der Waals surface area contributed by atoms with Crippen LogP contribution >= 0.6 is 24.0 Å². The molecule has 1 saturated heterocycles. The van der Waals surface area contributed by atoms with Crippen LogP contribution in [0.15, 0.2) is 23.1 Å². The quantitative estimate of drug-likeness (QED) is 0.397. The van der Waals surface area contributed by atoms with Gasteiger partial charge in [-0.2, -0.15) is 0 Å². The van der Waals surface area contributed by atoms with Crippen LogP contribution in [-0.2, 0) is 4.79 Å². The second-order valence-corrected chi connectivity index (χ2v) is 5.89. The molecule has 1 aromatic carbocycles. The molecule has 1 amide bonds. The molecule has 0 atom stereocenters. The highest BCUT2D eigenvalue weighted by atomic mass is 32.2. The second kappa shape index (κ2) is 6.23. The van der Waals surface area contributed by atoms with Gasteiger partial charge in [0.2, 0.25) is 0 Å². The van der Waals surface area contributed by atoms with E-state index in [2.05, 4.69) is 5.32 Å². The van der Waals surface area contributed by atoms with Gasteiger partial charge in [-0.1, -0.05) is 30.0 Å². The van der Waals surface area contributed by atoms with E-state index in [0.29, 0.717) is 27.0 Å². The third-order valence-electron chi connectivity index (χ3n) is 2.98. The Kier molecular flexibility index (Phi) is 4.59. The van der Waals surface area contributed by atoms with Crippen molar-refractivity contribution in [1.29, 1.82) is 0 Å². The van der Waals surface area contributed by atoms with Crippen LogP contribution in [0.25, 0.3) is 6.08 Å². The SMILES string of the molecule is CCN1C(=O)/C(=C\c2ccc(NC)c([N+](=O)[O-])c2)SC1=S. The summed E-state index contributed by atoms with van der Waals surface area (Å²) in [4.78, 5) is 24.6. The van der Waals surface area contributed by atoms with Gasteiger partial charge in [0.15, 0.2) is 0 Å². The van der Waals surface area contributed by atoms with Crippen molar-refractivity contribution in [3.63, 3.8) is 0 Å². The maximum Gasteiger partial charge on any atom is 0.292 e. The second-order valence-electron chi connectivity index (χ2n) is 4.21. The summed E-state index contributed by atoms with van der Waals surface area (Å²) >= 11 is 6.33. The Morgan fingerprint density at radius 2 is 2.24 bits per heavy atom. The van der Waals surface area contributed by atoms with Crippen LogP contribution in [0.1, 0.15) is 12.5 Å². The van der Waals surface area contributed by atoms with Crippen molar-refractivity contribution in [3.05, 3.63) is 38.8 Å². The van der Waals surface area contributed by atoms with Crippen molar-refractivity contribution in [2.45, 2.75) is 6.92 Å². The van der Waals surface area contributed by atoms with Gasteiger partial charge in [0.25, 0.3) is 11.6 Å². The van der Waals surface area contributed by atoms with E-state index in [9.17, 15) is 14.9 Å². The maximum atomic E-state index is 12.1. The van der Waals surface area contributed by atoms with Crippen molar-refractivity contribution in [1.82, 2.24) is 4.90 Å². The van der Waals surface area contributed by atoms with Gasteiger partial charge >= 0.3 is 0 Å². The third-order valence-corrected chi connectivity index (χ3v) is 4.35. The lowest BCUT2D eigenvalue weighted by atomic mass is 10.1. The molecule has 110 valence electrons. The fourth-order valence-electron chi connectivity index (χ4n) is 1.92. The van der Waals surface area contributed by atoms with E-state index in [-0.39, 0.29) is 11.6 Å². The maximum absolute atomic E-state index is 12.1. The smallest absolute Gasteiger partial charge is 0.292 e. The minimum Gasteiger partial charge on any atom is -0.383 e. The van der Waals surface area contributed by atoms with E-state index >= 15 is 0 Å². The van der Waals surface area contributed by atoms with Gasteiger partial charge in [-0.3, -0.25) is 19.8 Å². The molecule has 0 aliphatic carbocycles. The van der Waals surface area contributed by atoms with Crippen LogP contribution in [0.5, 0.6) is 0 Å². The first kappa shape index (κ1) is 15.5. The van der Waals surface area contributed by atoms with Crippen molar-refractivity contribution in [2.75, 3.05) is 18.9 Å². The predicted molar refractivity (Wildman–Crippen MR) is 88.2 cm³/mol. The molecule has 1 fully saturated rings. The molecular weight excluding hydrogens is 310 g/mol. The van der Waals surface area contributed by atoms with Gasteiger partial charge < -0.3 is 5.32 Å². The number of thiocarbonyl (C=S) groups is 1. The summed E-state index contributed by atoms with van der Waals surface area (Å²) in [6.07, 6.45) is 1.63. The molecule has 0 spiro atoms. The lowest BCUT2D eigenvalue weighted by Gasteiger charge is -2.09. The molecule has 0 aromatic heterocycles. The Labute approximate surface area is 131 Å². The highest BCUT2D eigenvalue weighted by molar-refractivity contribution is 8.26. The molecule has 0 radical (unpaired) electrons. The number of nitro groups is 1. The monoisotopic (exact) mass is 323 g/mol. The number of nitro benzene ring substituents is 1. The Balaban J connectivity index is 2.38. The summed E-state index contributed by atoms with van der Waals surface area (Å²) in [7, 11) is 1.62. The summed E-state index contributed by atoms with van der Waals surface area (Å²) < 4.78 is 0.509. The van der Waals surface area contributed by atoms with Crippen LogP contribution in [0, 0.1) is 10.1 Å². The normalized spacial score (nSPS) is 16.7. The zero-order chi connectivity index (χ0) is 15.6. The number of amides is 1. The lowest BCUT2D eigenvalue weighted by Crippen LogP contribution is -2.27. The molecule has 8 heteroatoms. The van der Waals surface area contributed by atoms with Crippen LogP contribution in [-0.4, -0.2) is 33.6 Å². The Hall–Kier alpha value is -1.93. The highest BCUT2D eigenvalue weighted by Gasteiger charge is 2.30. The van der Waals surface area contributed by atoms with Gasteiger partial charge in [0.05, 0.1) is 9.83 Å². The average molecular weight is 323 g/mol. The van der Waals surface area contributed by atoms with E-state index in [1.165, 1.54) is 22.7 Å². The van der Waals surface area contributed by atoms with Crippen LogP contribution in [0.4, 0.5) is 11.4 Å². The number of rotatable bonds is 4. The van der Waals surface area contributed by atoms with Crippen LogP contribution in [0.2, 0.25) is 0 Å². The van der Waals surface area contributed by atoms with Crippen molar-refractivity contribution in [2.24, 2.45) is 0 Å². The molecule has 1 heterocycles. The van der Waals surface area contributed by atoms with E-state index in [4.69, 9.17) is 12.2 Å². The number of benzene rings is 1. The Bertz CT molecular complexity index is 658. The summed E-state index contributed by atoms with van der Waals surface area (Å²) in [5.74, 6) is -0.159. The Morgan fingerprint density at radius 3 is 2.76 bits per heavy atom. The average Bonchev–Trinajstić information content (AvgIpc) is 2.72. The number of carbonyl (C=O) groups is 1. The molecular formula is C13H13N3O3S2. The van der Waals surface area contributed by atoms with Gasteiger partial charge in [-0.15, -0.1) is 0 Å². The van der Waals surface area contributed by atoms with Crippen molar-refractivity contribution >= 4 is 51.7 Å². The molecule has 0 unspecified atom stereocenters. The summed E-state index contributed by atoms with van der Waals surface area (Å²) in [5, 5.41) is 13.8. The number of carbonyl (C=O) groups excluding carboxylic acids is 1. The molecule has 1 aliphatic heterocycles. The van der Waals surface area contributed by atoms with Crippen LogP contribution < -0.4 is 5.32 Å². The number of anilines is 1. The predicted octanol–water partition coefficient (Wildman–Crippen LogP) is 2.86. The number of nitrogens with one attached hydrogen (secondary N) is 1. The first-order chi connectivity index (χ1) is 9.97. The van der Waals surface area contributed by atoms with E-state index in [1.807, 2.05) is 6.92 Å². The minimum absolute atomic E-state index is 0.0304. The zero-order valence-electron chi connectivity index (χ0n) is 11.5. The molecule has 21 heavy (non-hydrogen) atoms. The van der Waals surface area contributed by atoms with E-state index in [1.54, 1.807) is 25.3 Å². The van der Waals surface area contributed by atoms with E-state index in [0.717, 1.165) is 0 Å². The van der Waals surface area contributed by atoms with Gasteiger partial charge in [0, 0.05) is 19.7 Å². The third kappa shape index (κ3) is 3.06.